The van der Waals surface area contributed by atoms with E-state index < -0.39 is 0 Å². The van der Waals surface area contributed by atoms with Gasteiger partial charge in [0.25, 0.3) is 0 Å². The van der Waals surface area contributed by atoms with Crippen molar-refractivity contribution in [2.75, 3.05) is 7.05 Å². The Bertz CT molecular complexity index is 388. The van der Waals surface area contributed by atoms with Crippen LogP contribution < -0.4 is 5.32 Å². The molecule has 3 heteroatoms. The second kappa shape index (κ2) is 4.34. The van der Waals surface area contributed by atoms with E-state index in [4.69, 9.17) is 11.6 Å². The third-order valence-electron chi connectivity index (χ3n) is 3.68. The van der Waals surface area contributed by atoms with Crippen LogP contribution in [0.2, 0.25) is 5.02 Å². The van der Waals surface area contributed by atoms with Gasteiger partial charge in [0.2, 0.25) is 0 Å². The lowest BCUT2D eigenvalue weighted by atomic mass is 9.92. The lowest BCUT2D eigenvalue weighted by Gasteiger charge is -2.23. The molecule has 1 N–H and O–H groups in total. The molecule has 0 aromatic heterocycles. The molecule has 0 amide bonds. The zero-order chi connectivity index (χ0) is 11.8. The first-order valence-corrected chi connectivity index (χ1v) is 6.05. The van der Waals surface area contributed by atoms with Gasteiger partial charge in [-0.3, -0.25) is 0 Å². The van der Waals surface area contributed by atoms with Gasteiger partial charge in [-0.15, -0.1) is 0 Å². The summed E-state index contributed by atoms with van der Waals surface area (Å²) in [6.45, 7) is 2.27. The maximum absolute atomic E-state index is 13.3. The molecule has 2 rings (SSSR count). The lowest BCUT2D eigenvalue weighted by molar-refractivity contribution is 0.376. The summed E-state index contributed by atoms with van der Waals surface area (Å²) in [5.41, 5.74) is 1.26. The third kappa shape index (κ3) is 2.23. The Hall–Kier alpha value is -0.600. The number of benzene rings is 1. The fourth-order valence-corrected chi connectivity index (χ4v) is 2.37. The van der Waals surface area contributed by atoms with Crippen LogP contribution in [0.3, 0.4) is 0 Å². The molecule has 1 atom stereocenters. The number of hydrogen-bond acceptors (Lipinski definition) is 1. The first kappa shape index (κ1) is 11.9. The molecular formula is C13H17ClFN. The molecule has 0 spiro atoms. The monoisotopic (exact) mass is 241 g/mol. The highest BCUT2D eigenvalue weighted by molar-refractivity contribution is 6.31. The summed E-state index contributed by atoms with van der Waals surface area (Å²) in [6.07, 6.45) is 3.28. The zero-order valence-corrected chi connectivity index (χ0v) is 10.4. The van der Waals surface area contributed by atoms with E-state index in [1.54, 1.807) is 6.07 Å². The summed E-state index contributed by atoms with van der Waals surface area (Å²) in [5, 5.41) is 3.59. The van der Waals surface area contributed by atoms with E-state index in [1.807, 2.05) is 13.1 Å². The van der Waals surface area contributed by atoms with Crippen LogP contribution in [0.25, 0.3) is 0 Å². The minimum atomic E-state index is -0.324. The first-order chi connectivity index (χ1) is 7.57. The van der Waals surface area contributed by atoms with Crippen LogP contribution in [0.15, 0.2) is 18.2 Å². The summed E-state index contributed by atoms with van der Waals surface area (Å²) in [7, 11) is 1.96. The van der Waals surface area contributed by atoms with Gasteiger partial charge in [0.15, 0.2) is 0 Å². The van der Waals surface area contributed by atoms with Gasteiger partial charge in [-0.2, -0.15) is 0 Å². The Morgan fingerprint density at radius 1 is 1.50 bits per heavy atom. The topological polar surface area (TPSA) is 12.0 Å². The molecule has 0 heterocycles. The average Bonchev–Trinajstić information content (AvgIpc) is 3.00. The Kier molecular flexibility index (Phi) is 3.22. The molecule has 88 valence electrons. The van der Waals surface area contributed by atoms with Crippen LogP contribution in [0.1, 0.15) is 25.3 Å². The fraction of sp³-hybridized carbons (Fsp3) is 0.538. The van der Waals surface area contributed by atoms with Crippen LogP contribution in [-0.4, -0.2) is 13.1 Å². The lowest BCUT2D eigenvalue weighted by Crippen LogP contribution is -2.35. The average molecular weight is 242 g/mol. The Balaban J connectivity index is 2.16. The molecule has 1 aliphatic rings. The van der Waals surface area contributed by atoms with Gasteiger partial charge < -0.3 is 5.32 Å². The minimum absolute atomic E-state index is 0.270. The summed E-state index contributed by atoms with van der Waals surface area (Å²) in [4.78, 5) is 0. The summed E-state index contributed by atoms with van der Waals surface area (Å²) < 4.78 is 13.3. The van der Waals surface area contributed by atoms with E-state index in [-0.39, 0.29) is 10.8 Å². The van der Waals surface area contributed by atoms with E-state index in [2.05, 4.69) is 12.2 Å². The summed E-state index contributed by atoms with van der Waals surface area (Å²) in [6, 6.07) is 5.41. The number of rotatable bonds is 4. The fourth-order valence-electron chi connectivity index (χ4n) is 2.17. The van der Waals surface area contributed by atoms with Gasteiger partial charge in [0.1, 0.15) is 5.82 Å². The van der Waals surface area contributed by atoms with Crippen molar-refractivity contribution in [3.8, 4) is 0 Å². The molecular weight excluding hydrogens is 225 g/mol. The molecule has 0 saturated heterocycles. The Morgan fingerprint density at radius 3 is 2.75 bits per heavy atom. The van der Waals surface area contributed by atoms with Gasteiger partial charge in [0, 0.05) is 6.04 Å². The molecule has 16 heavy (non-hydrogen) atoms. The Labute approximate surface area is 101 Å². The van der Waals surface area contributed by atoms with Crippen molar-refractivity contribution in [2.45, 2.75) is 32.2 Å². The van der Waals surface area contributed by atoms with Crippen molar-refractivity contribution < 1.29 is 4.39 Å². The second-order valence-corrected chi connectivity index (χ2v) is 5.29. The van der Waals surface area contributed by atoms with Gasteiger partial charge in [-0.1, -0.05) is 30.7 Å². The van der Waals surface area contributed by atoms with Crippen molar-refractivity contribution in [2.24, 2.45) is 5.41 Å². The van der Waals surface area contributed by atoms with Gasteiger partial charge in [-0.25, -0.2) is 4.39 Å². The van der Waals surface area contributed by atoms with E-state index in [1.165, 1.54) is 18.9 Å². The minimum Gasteiger partial charge on any atom is -0.316 e. The normalized spacial score (nSPS) is 19.5. The molecule has 1 nitrogen and oxygen atoms in total. The molecule has 1 aliphatic carbocycles. The molecule has 1 unspecified atom stereocenters. The highest BCUT2D eigenvalue weighted by atomic mass is 35.5. The quantitative estimate of drug-likeness (QED) is 0.852. The van der Waals surface area contributed by atoms with E-state index >= 15 is 0 Å². The molecule has 0 aliphatic heterocycles. The number of halogens is 2. The maximum atomic E-state index is 13.3. The number of nitrogens with one attached hydrogen (secondary N) is 1. The molecule has 1 aromatic rings. The zero-order valence-electron chi connectivity index (χ0n) is 9.69. The summed E-state index contributed by atoms with van der Waals surface area (Å²) >= 11 is 5.96. The smallest absolute Gasteiger partial charge is 0.142 e. The van der Waals surface area contributed by atoms with Crippen molar-refractivity contribution in [3.05, 3.63) is 34.6 Å². The van der Waals surface area contributed by atoms with Crippen LogP contribution in [0.5, 0.6) is 0 Å². The van der Waals surface area contributed by atoms with E-state index in [0.29, 0.717) is 11.5 Å². The van der Waals surface area contributed by atoms with Gasteiger partial charge >= 0.3 is 0 Å². The van der Waals surface area contributed by atoms with E-state index in [9.17, 15) is 4.39 Å². The van der Waals surface area contributed by atoms with Gasteiger partial charge in [0.05, 0.1) is 5.02 Å². The SMILES string of the molecule is CNC(Cc1cccc(F)c1Cl)C1(C)CC1. The second-order valence-electron chi connectivity index (χ2n) is 4.91. The predicted molar refractivity (Wildman–Crippen MR) is 65.3 cm³/mol. The highest BCUT2D eigenvalue weighted by Gasteiger charge is 2.44. The van der Waals surface area contributed by atoms with Crippen LogP contribution in [0.4, 0.5) is 4.39 Å². The standard InChI is InChI=1S/C13H17ClFN/c1-13(6-7-13)11(16-2)8-9-4-3-5-10(15)12(9)14/h3-5,11,16H,6-8H2,1-2H3. The van der Waals surface area contributed by atoms with Gasteiger partial charge in [-0.05, 0) is 43.4 Å². The molecule has 1 fully saturated rings. The number of likely N-dealkylation sites (N-methyl/N-ethyl adjacent to an activating group) is 1. The maximum Gasteiger partial charge on any atom is 0.142 e. The van der Waals surface area contributed by atoms with Crippen LogP contribution >= 0.6 is 11.6 Å². The molecule has 1 aromatic carbocycles. The van der Waals surface area contributed by atoms with Crippen molar-refractivity contribution in [3.63, 3.8) is 0 Å². The van der Waals surface area contributed by atoms with Crippen LogP contribution in [0, 0.1) is 11.2 Å². The first-order valence-electron chi connectivity index (χ1n) is 5.67. The third-order valence-corrected chi connectivity index (χ3v) is 4.11. The van der Waals surface area contributed by atoms with Crippen molar-refractivity contribution >= 4 is 11.6 Å². The number of hydrogen-bond donors (Lipinski definition) is 1. The van der Waals surface area contributed by atoms with Crippen molar-refractivity contribution in [1.82, 2.24) is 5.32 Å². The van der Waals surface area contributed by atoms with Crippen LogP contribution in [-0.2, 0) is 6.42 Å². The van der Waals surface area contributed by atoms with Crippen molar-refractivity contribution in [1.29, 1.82) is 0 Å². The Morgan fingerprint density at radius 2 is 2.19 bits per heavy atom. The molecule has 0 bridgehead atoms. The molecule has 0 radical (unpaired) electrons. The summed E-state index contributed by atoms with van der Waals surface area (Å²) in [5.74, 6) is -0.324. The predicted octanol–water partition coefficient (Wildman–Crippen LogP) is 3.41. The highest BCUT2D eigenvalue weighted by Crippen LogP contribution is 2.49. The largest absolute Gasteiger partial charge is 0.316 e. The van der Waals surface area contributed by atoms with E-state index in [0.717, 1.165) is 12.0 Å². The molecule has 1 saturated carbocycles.